The van der Waals surface area contributed by atoms with Crippen molar-refractivity contribution in [2.45, 2.75) is 20.3 Å². The SMILES string of the molecule is CCc1cnn2c(Cl)c(-c3ccccc3C)c(Cl)nc12. The Labute approximate surface area is 127 Å². The van der Waals surface area contributed by atoms with Gasteiger partial charge >= 0.3 is 0 Å². The molecule has 0 amide bonds. The van der Waals surface area contributed by atoms with Crippen molar-refractivity contribution in [2.75, 3.05) is 0 Å². The van der Waals surface area contributed by atoms with Gasteiger partial charge < -0.3 is 0 Å². The van der Waals surface area contributed by atoms with Gasteiger partial charge in [0.25, 0.3) is 0 Å². The normalized spacial score (nSPS) is 11.2. The van der Waals surface area contributed by atoms with E-state index in [1.54, 1.807) is 10.7 Å². The fourth-order valence-electron chi connectivity index (χ4n) is 2.30. The van der Waals surface area contributed by atoms with Gasteiger partial charge in [0.05, 0.1) is 11.8 Å². The molecule has 2 heterocycles. The molecule has 0 N–H and O–H groups in total. The van der Waals surface area contributed by atoms with Crippen LogP contribution in [-0.2, 0) is 6.42 Å². The summed E-state index contributed by atoms with van der Waals surface area (Å²) in [6.07, 6.45) is 2.62. The molecule has 0 aliphatic carbocycles. The number of aryl methyl sites for hydroxylation is 2. The van der Waals surface area contributed by atoms with Gasteiger partial charge in [0.15, 0.2) is 5.65 Å². The lowest BCUT2D eigenvalue weighted by Crippen LogP contribution is -1.98. The maximum absolute atomic E-state index is 6.50. The van der Waals surface area contributed by atoms with Crippen molar-refractivity contribution in [2.24, 2.45) is 0 Å². The third-order valence-electron chi connectivity index (χ3n) is 3.41. The summed E-state index contributed by atoms with van der Waals surface area (Å²) in [5.41, 5.74) is 4.56. The van der Waals surface area contributed by atoms with Gasteiger partial charge in [-0.05, 0) is 24.5 Å². The topological polar surface area (TPSA) is 30.2 Å². The van der Waals surface area contributed by atoms with Crippen molar-refractivity contribution in [3.8, 4) is 11.1 Å². The minimum Gasteiger partial charge on any atom is -0.216 e. The van der Waals surface area contributed by atoms with Crippen LogP contribution in [0.4, 0.5) is 0 Å². The fraction of sp³-hybridized carbons (Fsp3) is 0.200. The lowest BCUT2D eigenvalue weighted by atomic mass is 10.0. The number of hydrogen-bond donors (Lipinski definition) is 0. The smallest absolute Gasteiger partial charge is 0.161 e. The van der Waals surface area contributed by atoms with Crippen LogP contribution in [0.5, 0.6) is 0 Å². The van der Waals surface area contributed by atoms with Crippen molar-refractivity contribution < 1.29 is 0 Å². The van der Waals surface area contributed by atoms with Crippen molar-refractivity contribution >= 4 is 28.8 Å². The second-order valence-electron chi connectivity index (χ2n) is 4.64. The lowest BCUT2D eigenvalue weighted by Gasteiger charge is -2.11. The second kappa shape index (κ2) is 5.08. The van der Waals surface area contributed by atoms with Crippen LogP contribution in [-0.4, -0.2) is 14.6 Å². The maximum atomic E-state index is 6.50. The summed E-state index contributed by atoms with van der Waals surface area (Å²) in [4.78, 5) is 4.47. The fourth-order valence-corrected chi connectivity index (χ4v) is 2.94. The molecule has 2 aromatic heterocycles. The molecule has 102 valence electrons. The number of nitrogens with zero attached hydrogens (tertiary/aromatic N) is 3. The Morgan fingerprint density at radius 2 is 1.95 bits per heavy atom. The third kappa shape index (κ3) is 1.98. The Bertz CT molecular complexity index is 793. The van der Waals surface area contributed by atoms with Gasteiger partial charge in [-0.25, -0.2) is 9.50 Å². The van der Waals surface area contributed by atoms with Gasteiger partial charge in [0.2, 0.25) is 0 Å². The standard InChI is InChI=1S/C15H13Cl2N3/c1-3-10-8-18-20-14(17)12(13(16)19-15(10)20)11-7-5-4-6-9(11)2/h4-8H,3H2,1-2H3. The molecule has 0 aliphatic heterocycles. The lowest BCUT2D eigenvalue weighted by molar-refractivity contribution is 0.942. The molecule has 20 heavy (non-hydrogen) atoms. The van der Waals surface area contributed by atoms with Crippen LogP contribution < -0.4 is 0 Å². The highest BCUT2D eigenvalue weighted by atomic mass is 35.5. The van der Waals surface area contributed by atoms with Gasteiger partial charge in [-0.3, -0.25) is 0 Å². The number of rotatable bonds is 2. The van der Waals surface area contributed by atoms with E-state index < -0.39 is 0 Å². The molecule has 0 fully saturated rings. The molecule has 3 nitrogen and oxygen atoms in total. The Morgan fingerprint density at radius 1 is 1.20 bits per heavy atom. The molecule has 0 atom stereocenters. The Balaban J connectivity index is 2.35. The summed E-state index contributed by atoms with van der Waals surface area (Å²) in [5.74, 6) is 0. The zero-order valence-electron chi connectivity index (χ0n) is 11.2. The highest BCUT2D eigenvalue weighted by Gasteiger charge is 2.18. The summed E-state index contributed by atoms with van der Waals surface area (Å²) in [6, 6.07) is 7.95. The van der Waals surface area contributed by atoms with E-state index in [0.29, 0.717) is 10.3 Å². The molecule has 0 saturated heterocycles. The Kier molecular flexibility index (Phi) is 3.40. The molecular formula is C15H13Cl2N3. The van der Waals surface area contributed by atoms with E-state index in [4.69, 9.17) is 23.2 Å². The Hall–Kier alpha value is -1.58. The van der Waals surface area contributed by atoms with Crippen LogP contribution in [0.1, 0.15) is 18.1 Å². The number of hydrogen-bond acceptors (Lipinski definition) is 2. The van der Waals surface area contributed by atoms with Crippen LogP contribution in [0.3, 0.4) is 0 Å². The largest absolute Gasteiger partial charge is 0.216 e. The molecule has 0 radical (unpaired) electrons. The van der Waals surface area contributed by atoms with Crippen LogP contribution in [0, 0.1) is 6.92 Å². The molecule has 0 spiro atoms. The van der Waals surface area contributed by atoms with Gasteiger partial charge in [0, 0.05) is 5.56 Å². The molecule has 0 saturated carbocycles. The van der Waals surface area contributed by atoms with Crippen LogP contribution >= 0.6 is 23.2 Å². The first-order valence-corrected chi connectivity index (χ1v) is 7.16. The average molecular weight is 306 g/mol. The van der Waals surface area contributed by atoms with E-state index in [0.717, 1.165) is 34.3 Å². The number of aromatic nitrogens is 3. The highest BCUT2D eigenvalue weighted by Crippen LogP contribution is 2.36. The monoisotopic (exact) mass is 305 g/mol. The van der Waals surface area contributed by atoms with E-state index >= 15 is 0 Å². The van der Waals surface area contributed by atoms with E-state index in [9.17, 15) is 0 Å². The van der Waals surface area contributed by atoms with Gasteiger partial charge in [-0.1, -0.05) is 54.4 Å². The average Bonchev–Trinajstić information content (AvgIpc) is 2.84. The molecule has 3 aromatic rings. The van der Waals surface area contributed by atoms with Crippen molar-refractivity contribution in [3.63, 3.8) is 0 Å². The second-order valence-corrected chi connectivity index (χ2v) is 5.36. The number of fused-ring (bicyclic) bond motifs is 1. The van der Waals surface area contributed by atoms with Crippen molar-refractivity contribution in [1.82, 2.24) is 14.6 Å². The van der Waals surface area contributed by atoms with E-state index in [1.165, 1.54) is 0 Å². The van der Waals surface area contributed by atoms with Crippen LogP contribution in [0.15, 0.2) is 30.5 Å². The zero-order chi connectivity index (χ0) is 14.3. The minimum atomic E-state index is 0.409. The molecule has 0 bridgehead atoms. The first-order chi connectivity index (χ1) is 9.63. The predicted molar refractivity (Wildman–Crippen MR) is 82.6 cm³/mol. The van der Waals surface area contributed by atoms with Gasteiger partial charge in [-0.15, -0.1) is 0 Å². The number of halogens is 2. The third-order valence-corrected chi connectivity index (χ3v) is 4.04. The summed E-state index contributed by atoms with van der Waals surface area (Å²) in [7, 11) is 0. The van der Waals surface area contributed by atoms with Crippen LogP contribution in [0.25, 0.3) is 16.8 Å². The zero-order valence-corrected chi connectivity index (χ0v) is 12.7. The first kappa shape index (κ1) is 13.4. The van der Waals surface area contributed by atoms with E-state index in [2.05, 4.69) is 17.0 Å². The van der Waals surface area contributed by atoms with Gasteiger partial charge in [-0.2, -0.15) is 5.10 Å². The van der Waals surface area contributed by atoms with E-state index in [-0.39, 0.29) is 0 Å². The molecule has 5 heteroatoms. The maximum Gasteiger partial charge on any atom is 0.161 e. The summed E-state index contributed by atoms with van der Waals surface area (Å²) < 4.78 is 1.65. The summed E-state index contributed by atoms with van der Waals surface area (Å²) >= 11 is 12.9. The first-order valence-electron chi connectivity index (χ1n) is 6.41. The summed E-state index contributed by atoms with van der Waals surface area (Å²) in [5, 5.41) is 5.21. The number of benzene rings is 1. The predicted octanol–water partition coefficient (Wildman–Crippen LogP) is 4.57. The quantitative estimate of drug-likeness (QED) is 0.649. The molecule has 0 aliphatic rings. The highest BCUT2D eigenvalue weighted by molar-refractivity contribution is 6.38. The van der Waals surface area contributed by atoms with Crippen LogP contribution in [0.2, 0.25) is 10.3 Å². The molecule has 3 rings (SSSR count). The van der Waals surface area contributed by atoms with E-state index in [1.807, 2.05) is 31.2 Å². The molecule has 0 unspecified atom stereocenters. The van der Waals surface area contributed by atoms with Gasteiger partial charge in [0.1, 0.15) is 10.3 Å². The minimum absolute atomic E-state index is 0.409. The van der Waals surface area contributed by atoms with Crippen molar-refractivity contribution in [1.29, 1.82) is 0 Å². The molecular weight excluding hydrogens is 293 g/mol. The van der Waals surface area contributed by atoms with Crippen molar-refractivity contribution in [3.05, 3.63) is 51.9 Å². The Morgan fingerprint density at radius 3 is 2.65 bits per heavy atom. The molecule has 1 aromatic carbocycles. The summed E-state index contributed by atoms with van der Waals surface area (Å²) in [6.45, 7) is 4.07.